The van der Waals surface area contributed by atoms with Gasteiger partial charge in [-0.15, -0.1) is 6.58 Å². The molecule has 2 fully saturated rings. The van der Waals surface area contributed by atoms with Crippen molar-refractivity contribution < 1.29 is 9.59 Å². The number of carbonyl (C=O) groups excluding carboxylic acids is 2. The zero-order valence-electron chi connectivity index (χ0n) is 14.0. The van der Waals surface area contributed by atoms with Crippen LogP contribution in [0.4, 0.5) is 10.5 Å². The highest BCUT2D eigenvalue weighted by Gasteiger charge is 2.34. The second-order valence-electron chi connectivity index (χ2n) is 6.17. The predicted octanol–water partition coefficient (Wildman–Crippen LogP) is 4.21. The summed E-state index contributed by atoms with van der Waals surface area (Å²) in [4.78, 5) is 28.3. The monoisotopic (exact) mass is 342 g/mol. The van der Waals surface area contributed by atoms with Gasteiger partial charge in [0.25, 0.3) is 11.1 Å². The number of carbonyl (C=O) groups is 2. The van der Waals surface area contributed by atoms with Gasteiger partial charge < -0.3 is 4.90 Å². The zero-order valence-corrected chi connectivity index (χ0v) is 14.8. The summed E-state index contributed by atoms with van der Waals surface area (Å²) < 4.78 is 0. The molecule has 1 aromatic carbocycles. The third-order valence-electron chi connectivity index (χ3n) is 4.45. The molecular formula is C19H22N2O2S. The Morgan fingerprint density at radius 3 is 2.62 bits per heavy atom. The number of rotatable bonds is 4. The molecule has 4 nitrogen and oxygen atoms in total. The van der Waals surface area contributed by atoms with E-state index in [0.717, 1.165) is 36.0 Å². The van der Waals surface area contributed by atoms with Gasteiger partial charge >= 0.3 is 0 Å². The third kappa shape index (κ3) is 3.41. The van der Waals surface area contributed by atoms with Crippen LogP contribution in [-0.2, 0) is 4.79 Å². The van der Waals surface area contributed by atoms with E-state index < -0.39 is 0 Å². The van der Waals surface area contributed by atoms with Crippen molar-refractivity contribution in [3.63, 3.8) is 0 Å². The summed E-state index contributed by atoms with van der Waals surface area (Å²) in [7, 11) is 0. The zero-order chi connectivity index (χ0) is 17.1. The molecule has 2 aliphatic heterocycles. The molecule has 0 spiro atoms. The lowest BCUT2D eigenvalue weighted by molar-refractivity contribution is -0.122. The summed E-state index contributed by atoms with van der Waals surface area (Å²) in [5.41, 5.74) is 3.34. The second-order valence-corrected chi connectivity index (χ2v) is 7.16. The largest absolute Gasteiger partial charge is 0.372 e. The smallest absolute Gasteiger partial charge is 0.293 e. The summed E-state index contributed by atoms with van der Waals surface area (Å²) in [6.45, 7) is 8.12. The highest BCUT2D eigenvalue weighted by molar-refractivity contribution is 8.18. The van der Waals surface area contributed by atoms with Gasteiger partial charge in [-0.05, 0) is 67.3 Å². The minimum absolute atomic E-state index is 0.228. The lowest BCUT2D eigenvalue weighted by Gasteiger charge is -2.29. The number of thioether (sulfide) groups is 1. The Hall–Kier alpha value is -2.01. The molecule has 0 unspecified atom stereocenters. The normalized spacial score (nSPS) is 20.1. The van der Waals surface area contributed by atoms with Crippen LogP contribution in [0.2, 0.25) is 0 Å². The maximum atomic E-state index is 12.3. The molecule has 0 aliphatic carbocycles. The average molecular weight is 342 g/mol. The summed E-state index contributed by atoms with van der Waals surface area (Å²) in [5, 5.41) is -0.228. The van der Waals surface area contributed by atoms with E-state index >= 15 is 0 Å². The number of amides is 2. The summed E-state index contributed by atoms with van der Waals surface area (Å²) in [6.07, 6.45) is 7.20. The van der Waals surface area contributed by atoms with E-state index in [4.69, 9.17) is 0 Å². The fourth-order valence-electron chi connectivity index (χ4n) is 3.10. The van der Waals surface area contributed by atoms with E-state index in [1.807, 2.05) is 19.1 Å². The molecule has 5 heteroatoms. The van der Waals surface area contributed by atoms with Crippen LogP contribution in [0.3, 0.4) is 0 Å². The van der Waals surface area contributed by atoms with Crippen LogP contribution < -0.4 is 4.90 Å². The standard InChI is InChI=1S/C19H22N2O2S/c1-3-9-21-18(22)17(24-19(21)23)13-15-7-8-16(12-14(15)2)20-10-5-4-6-11-20/h3,7-8,12-13H,1,4-6,9-11H2,2H3. The van der Waals surface area contributed by atoms with Crippen molar-refractivity contribution in [2.45, 2.75) is 26.2 Å². The Bertz CT molecular complexity index is 705. The molecule has 2 heterocycles. The van der Waals surface area contributed by atoms with Crippen molar-refractivity contribution in [2.24, 2.45) is 0 Å². The van der Waals surface area contributed by atoms with Crippen molar-refractivity contribution in [1.82, 2.24) is 4.90 Å². The molecule has 2 amide bonds. The SMILES string of the molecule is C=CCN1C(=O)SC(=Cc2ccc(N3CCCCC3)cc2C)C1=O. The van der Waals surface area contributed by atoms with E-state index in [1.165, 1.54) is 29.8 Å². The molecule has 0 aromatic heterocycles. The molecule has 0 radical (unpaired) electrons. The highest BCUT2D eigenvalue weighted by Crippen LogP contribution is 2.33. The molecule has 126 valence electrons. The molecule has 1 aromatic rings. The fourth-order valence-corrected chi connectivity index (χ4v) is 3.94. The fraction of sp³-hybridized carbons (Fsp3) is 0.368. The van der Waals surface area contributed by atoms with E-state index in [0.29, 0.717) is 4.91 Å². The van der Waals surface area contributed by atoms with Crippen molar-refractivity contribution in [3.05, 3.63) is 46.9 Å². The maximum Gasteiger partial charge on any atom is 0.293 e. The number of piperidine rings is 1. The van der Waals surface area contributed by atoms with Crippen molar-refractivity contribution in [2.75, 3.05) is 24.5 Å². The first-order valence-electron chi connectivity index (χ1n) is 8.32. The van der Waals surface area contributed by atoms with Gasteiger partial charge in [0.05, 0.1) is 4.91 Å². The third-order valence-corrected chi connectivity index (χ3v) is 5.35. The van der Waals surface area contributed by atoms with Crippen LogP contribution in [0.5, 0.6) is 0 Å². The first kappa shape index (κ1) is 16.8. The second kappa shape index (κ2) is 7.26. The lowest BCUT2D eigenvalue weighted by atomic mass is 10.0. The Labute approximate surface area is 147 Å². The van der Waals surface area contributed by atoms with Gasteiger partial charge in [-0.2, -0.15) is 0 Å². The molecule has 24 heavy (non-hydrogen) atoms. The number of benzene rings is 1. The molecule has 2 saturated heterocycles. The topological polar surface area (TPSA) is 40.6 Å². The molecule has 0 bridgehead atoms. The van der Waals surface area contributed by atoms with Gasteiger partial charge in [0.2, 0.25) is 0 Å². The average Bonchev–Trinajstić information content (AvgIpc) is 2.85. The number of aryl methyl sites for hydroxylation is 1. The van der Waals surface area contributed by atoms with Crippen LogP contribution >= 0.6 is 11.8 Å². The maximum absolute atomic E-state index is 12.3. The summed E-state index contributed by atoms with van der Waals surface area (Å²) in [6, 6.07) is 6.32. The van der Waals surface area contributed by atoms with Crippen molar-refractivity contribution in [1.29, 1.82) is 0 Å². The van der Waals surface area contributed by atoms with E-state index in [9.17, 15) is 9.59 Å². The Morgan fingerprint density at radius 1 is 1.21 bits per heavy atom. The quantitative estimate of drug-likeness (QED) is 0.607. The number of imide groups is 1. The molecule has 2 aliphatic rings. The number of hydrogen-bond acceptors (Lipinski definition) is 4. The van der Waals surface area contributed by atoms with Crippen LogP contribution in [0.15, 0.2) is 35.8 Å². The van der Waals surface area contributed by atoms with Gasteiger partial charge in [-0.1, -0.05) is 12.1 Å². The van der Waals surface area contributed by atoms with Crippen LogP contribution in [0.25, 0.3) is 6.08 Å². The van der Waals surface area contributed by atoms with Crippen molar-refractivity contribution in [3.8, 4) is 0 Å². The molecular weight excluding hydrogens is 320 g/mol. The van der Waals surface area contributed by atoms with Crippen LogP contribution in [0.1, 0.15) is 30.4 Å². The Kier molecular flexibility index (Phi) is 5.09. The molecule has 3 rings (SSSR count). The van der Waals surface area contributed by atoms with Gasteiger partial charge in [-0.3, -0.25) is 14.5 Å². The van der Waals surface area contributed by atoms with Crippen LogP contribution in [-0.4, -0.2) is 35.7 Å². The van der Waals surface area contributed by atoms with Gasteiger partial charge in [0, 0.05) is 25.3 Å². The summed E-state index contributed by atoms with van der Waals surface area (Å²) >= 11 is 0.998. The first-order valence-corrected chi connectivity index (χ1v) is 9.13. The van der Waals surface area contributed by atoms with Crippen LogP contribution in [0, 0.1) is 6.92 Å². The Morgan fingerprint density at radius 2 is 1.96 bits per heavy atom. The highest BCUT2D eigenvalue weighted by atomic mass is 32.2. The molecule has 0 saturated carbocycles. The number of hydrogen-bond donors (Lipinski definition) is 0. The number of nitrogens with zero attached hydrogens (tertiary/aromatic N) is 2. The number of anilines is 1. The lowest BCUT2D eigenvalue weighted by Crippen LogP contribution is -2.29. The van der Waals surface area contributed by atoms with Crippen molar-refractivity contribution >= 4 is 34.7 Å². The minimum atomic E-state index is -0.232. The predicted molar refractivity (Wildman–Crippen MR) is 100 cm³/mol. The Balaban J connectivity index is 1.81. The van der Waals surface area contributed by atoms with Gasteiger partial charge in [-0.25, -0.2) is 0 Å². The van der Waals surface area contributed by atoms with E-state index in [1.54, 1.807) is 6.08 Å². The first-order chi connectivity index (χ1) is 11.6. The van der Waals surface area contributed by atoms with Gasteiger partial charge in [0.1, 0.15) is 0 Å². The van der Waals surface area contributed by atoms with E-state index in [2.05, 4.69) is 23.6 Å². The molecule has 0 N–H and O–H groups in total. The van der Waals surface area contributed by atoms with E-state index in [-0.39, 0.29) is 17.7 Å². The molecule has 0 atom stereocenters. The minimum Gasteiger partial charge on any atom is -0.372 e. The van der Waals surface area contributed by atoms with Gasteiger partial charge in [0.15, 0.2) is 0 Å². The summed E-state index contributed by atoms with van der Waals surface area (Å²) in [5.74, 6) is -0.232.